The molecule has 0 saturated heterocycles. The van der Waals surface area contributed by atoms with Gasteiger partial charge in [0, 0.05) is 19.1 Å². The highest BCUT2D eigenvalue weighted by atomic mass is 19.1. The summed E-state index contributed by atoms with van der Waals surface area (Å²) in [6.07, 6.45) is 3.62. The Morgan fingerprint density at radius 1 is 1.41 bits per heavy atom. The second kappa shape index (κ2) is 6.86. The standard InChI is InChI=1S/C15H15FN2O4/c1-22-13(18-9-11(16)14(20)17-15(18)21)8-4-6-10-5-2-3-7-12(10)19/h2-7,9,13,19H,8H2,1H3,(H,17,20,21)/b6-4+. The van der Waals surface area contributed by atoms with E-state index in [4.69, 9.17) is 4.74 Å². The van der Waals surface area contributed by atoms with E-state index in [0.29, 0.717) is 5.56 Å². The quantitative estimate of drug-likeness (QED) is 0.879. The van der Waals surface area contributed by atoms with Crippen molar-refractivity contribution in [2.24, 2.45) is 0 Å². The molecule has 2 N–H and O–H groups in total. The molecule has 1 heterocycles. The monoisotopic (exact) mass is 306 g/mol. The highest BCUT2D eigenvalue weighted by Crippen LogP contribution is 2.18. The van der Waals surface area contributed by atoms with E-state index >= 15 is 0 Å². The second-order valence-corrected chi connectivity index (χ2v) is 4.53. The zero-order valence-corrected chi connectivity index (χ0v) is 11.8. The van der Waals surface area contributed by atoms with Gasteiger partial charge in [0.05, 0.1) is 6.20 Å². The molecule has 22 heavy (non-hydrogen) atoms. The minimum Gasteiger partial charge on any atom is -0.507 e. The minimum atomic E-state index is -1.07. The predicted octanol–water partition coefficient (Wildman–Crippen LogP) is 1.63. The maximum absolute atomic E-state index is 13.3. The fourth-order valence-corrected chi connectivity index (χ4v) is 1.94. The van der Waals surface area contributed by atoms with E-state index in [-0.39, 0.29) is 12.2 Å². The van der Waals surface area contributed by atoms with Gasteiger partial charge in [0.15, 0.2) is 0 Å². The molecule has 1 aromatic heterocycles. The Kier molecular flexibility index (Phi) is 4.90. The summed E-state index contributed by atoms with van der Waals surface area (Å²) in [4.78, 5) is 24.6. The van der Waals surface area contributed by atoms with Crippen molar-refractivity contribution in [2.45, 2.75) is 12.6 Å². The first-order chi connectivity index (χ1) is 10.5. The van der Waals surface area contributed by atoms with Crippen molar-refractivity contribution in [1.29, 1.82) is 0 Å². The smallest absolute Gasteiger partial charge is 0.330 e. The van der Waals surface area contributed by atoms with Crippen LogP contribution in [0.2, 0.25) is 0 Å². The van der Waals surface area contributed by atoms with Crippen LogP contribution in [0.1, 0.15) is 18.2 Å². The summed E-state index contributed by atoms with van der Waals surface area (Å²) >= 11 is 0. The van der Waals surface area contributed by atoms with Crippen LogP contribution in [0.25, 0.3) is 6.08 Å². The molecule has 0 aliphatic rings. The van der Waals surface area contributed by atoms with Gasteiger partial charge in [-0.25, -0.2) is 4.79 Å². The van der Waals surface area contributed by atoms with Crippen LogP contribution >= 0.6 is 0 Å². The Balaban J connectivity index is 2.20. The summed E-state index contributed by atoms with van der Waals surface area (Å²) in [6.45, 7) is 0. The number of nitrogens with one attached hydrogen (secondary N) is 1. The van der Waals surface area contributed by atoms with Crippen LogP contribution in [0.4, 0.5) is 4.39 Å². The van der Waals surface area contributed by atoms with Crippen LogP contribution in [-0.2, 0) is 4.74 Å². The van der Waals surface area contributed by atoms with Crippen molar-refractivity contribution in [2.75, 3.05) is 7.11 Å². The molecular weight excluding hydrogens is 291 g/mol. The molecule has 1 aromatic carbocycles. The largest absolute Gasteiger partial charge is 0.507 e. The summed E-state index contributed by atoms with van der Waals surface area (Å²) in [5.74, 6) is -0.939. The van der Waals surface area contributed by atoms with E-state index in [2.05, 4.69) is 0 Å². The normalized spacial score (nSPS) is 12.6. The first-order valence-electron chi connectivity index (χ1n) is 6.51. The van der Waals surface area contributed by atoms with Crippen molar-refractivity contribution in [1.82, 2.24) is 9.55 Å². The Hall–Kier alpha value is -2.67. The zero-order chi connectivity index (χ0) is 16.1. The van der Waals surface area contributed by atoms with Crippen LogP contribution < -0.4 is 11.2 Å². The molecule has 0 bridgehead atoms. The number of aromatic hydroxyl groups is 1. The first-order valence-corrected chi connectivity index (χ1v) is 6.51. The molecule has 0 spiro atoms. The number of halogens is 1. The number of ether oxygens (including phenoxy) is 1. The highest BCUT2D eigenvalue weighted by molar-refractivity contribution is 5.56. The van der Waals surface area contributed by atoms with Crippen LogP contribution in [-0.4, -0.2) is 21.8 Å². The van der Waals surface area contributed by atoms with Gasteiger partial charge < -0.3 is 9.84 Å². The van der Waals surface area contributed by atoms with Crippen LogP contribution in [0.5, 0.6) is 5.75 Å². The third kappa shape index (κ3) is 3.50. The maximum Gasteiger partial charge on any atom is 0.330 e. The topological polar surface area (TPSA) is 84.3 Å². The molecule has 116 valence electrons. The first kappa shape index (κ1) is 15.7. The van der Waals surface area contributed by atoms with Crippen LogP contribution in [0.15, 0.2) is 46.1 Å². The second-order valence-electron chi connectivity index (χ2n) is 4.53. The van der Waals surface area contributed by atoms with Crippen molar-refractivity contribution in [3.05, 3.63) is 68.8 Å². The number of H-pyrrole nitrogens is 1. The van der Waals surface area contributed by atoms with Gasteiger partial charge in [-0.2, -0.15) is 4.39 Å². The third-order valence-electron chi connectivity index (χ3n) is 3.08. The average molecular weight is 306 g/mol. The number of para-hydroxylation sites is 1. The number of aromatic nitrogens is 2. The molecule has 0 aliphatic heterocycles. The lowest BCUT2D eigenvalue weighted by Crippen LogP contribution is -2.34. The van der Waals surface area contributed by atoms with E-state index < -0.39 is 23.3 Å². The Morgan fingerprint density at radius 3 is 2.82 bits per heavy atom. The van der Waals surface area contributed by atoms with E-state index in [0.717, 1.165) is 10.8 Å². The van der Waals surface area contributed by atoms with E-state index in [9.17, 15) is 19.1 Å². The van der Waals surface area contributed by atoms with Crippen molar-refractivity contribution >= 4 is 6.08 Å². The summed E-state index contributed by atoms with van der Waals surface area (Å²) < 4.78 is 19.4. The molecule has 1 atom stereocenters. The van der Waals surface area contributed by atoms with Gasteiger partial charge in [0.25, 0.3) is 5.56 Å². The molecular formula is C15H15FN2O4. The number of hydrogen-bond acceptors (Lipinski definition) is 4. The van der Waals surface area contributed by atoms with Crippen molar-refractivity contribution < 1.29 is 14.2 Å². The van der Waals surface area contributed by atoms with E-state index in [1.807, 2.05) is 4.98 Å². The Morgan fingerprint density at radius 2 is 2.14 bits per heavy atom. The average Bonchev–Trinajstić information content (AvgIpc) is 2.50. The summed E-state index contributed by atoms with van der Waals surface area (Å²) in [6, 6.07) is 6.75. The van der Waals surface area contributed by atoms with Gasteiger partial charge in [0.2, 0.25) is 5.82 Å². The van der Waals surface area contributed by atoms with Gasteiger partial charge in [-0.15, -0.1) is 0 Å². The SMILES string of the molecule is COC(C/C=C/c1ccccc1O)n1cc(F)c(=O)[nH]c1=O. The number of hydrogen-bond donors (Lipinski definition) is 2. The molecule has 0 saturated carbocycles. The molecule has 0 amide bonds. The predicted molar refractivity (Wildman–Crippen MR) is 79.1 cm³/mol. The fourth-order valence-electron chi connectivity index (χ4n) is 1.94. The Bertz CT molecular complexity index is 795. The highest BCUT2D eigenvalue weighted by Gasteiger charge is 2.12. The van der Waals surface area contributed by atoms with Crippen molar-refractivity contribution in [3.8, 4) is 5.75 Å². The number of phenolic OH excluding ortho intramolecular Hbond substituents is 1. The van der Waals surface area contributed by atoms with Gasteiger partial charge in [-0.05, 0) is 6.07 Å². The van der Waals surface area contributed by atoms with E-state index in [1.165, 1.54) is 7.11 Å². The number of nitrogens with zero attached hydrogens (tertiary/aromatic N) is 1. The summed E-state index contributed by atoms with van der Waals surface area (Å²) in [7, 11) is 1.37. The lowest BCUT2D eigenvalue weighted by atomic mass is 10.1. The minimum absolute atomic E-state index is 0.125. The molecule has 2 rings (SSSR count). The number of phenols is 1. The van der Waals surface area contributed by atoms with Gasteiger partial charge in [-0.3, -0.25) is 14.3 Å². The number of aromatic amines is 1. The molecule has 7 heteroatoms. The molecule has 6 nitrogen and oxygen atoms in total. The fraction of sp³-hybridized carbons (Fsp3) is 0.200. The molecule has 0 fully saturated rings. The zero-order valence-electron chi connectivity index (χ0n) is 11.8. The number of benzene rings is 1. The summed E-state index contributed by atoms with van der Waals surface area (Å²) in [5, 5.41) is 9.63. The molecule has 0 radical (unpaired) electrons. The van der Waals surface area contributed by atoms with Crippen LogP contribution in [0, 0.1) is 5.82 Å². The van der Waals surface area contributed by atoms with E-state index in [1.54, 1.807) is 36.4 Å². The summed E-state index contributed by atoms with van der Waals surface area (Å²) in [5.41, 5.74) is -1.22. The third-order valence-corrected chi connectivity index (χ3v) is 3.08. The van der Waals surface area contributed by atoms with Gasteiger partial charge in [0.1, 0.15) is 12.0 Å². The lowest BCUT2D eigenvalue weighted by Gasteiger charge is -2.15. The maximum atomic E-state index is 13.3. The van der Waals surface area contributed by atoms with Gasteiger partial charge >= 0.3 is 5.69 Å². The Labute approximate surface area is 125 Å². The molecule has 2 aromatic rings. The van der Waals surface area contributed by atoms with Crippen molar-refractivity contribution in [3.63, 3.8) is 0 Å². The lowest BCUT2D eigenvalue weighted by molar-refractivity contribution is 0.0418. The number of methoxy groups -OCH3 is 1. The molecule has 0 aliphatic carbocycles. The van der Waals surface area contributed by atoms with Crippen LogP contribution in [0.3, 0.4) is 0 Å². The number of rotatable bonds is 5. The van der Waals surface area contributed by atoms with Gasteiger partial charge in [-0.1, -0.05) is 30.4 Å². The molecule has 1 unspecified atom stereocenters.